The van der Waals surface area contributed by atoms with Crippen LogP contribution in [0.1, 0.15) is 5.56 Å². The van der Waals surface area contributed by atoms with Gasteiger partial charge in [0.05, 0.1) is 5.56 Å². The van der Waals surface area contributed by atoms with Crippen molar-refractivity contribution in [2.75, 3.05) is 5.43 Å². The van der Waals surface area contributed by atoms with Crippen LogP contribution in [0.15, 0.2) is 59.9 Å². The minimum absolute atomic E-state index is 0.163. The molecule has 3 rings (SSSR count). The largest absolute Gasteiger partial charge is 0.416 e. The Hall–Kier alpha value is -3.69. The second-order valence-corrected chi connectivity index (χ2v) is 8.82. The molecule has 0 aliphatic carbocycles. The van der Waals surface area contributed by atoms with Gasteiger partial charge in [-0.05, 0) is 30.3 Å². The molecule has 7 nitrogen and oxygen atoms in total. The molecule has 1 aromatic carbocycles. The average molecular weight is 500 g/mol. The molecule has 0 unspecified atom stereocenters. The summed E-state index contributed by atoms with van der Waals surface area (Å²) in [5.41, 5.74) is 1.81. The Bertz CT molecular complexity index is 1210. The molecule has 2 N–H and O–H groups in total. The molecular formula is C17H12F8N6OS. The Balaban J connectivity index is 1.84. The quantitative estimate of drug-likeness (QED) is 0.260. The van der Waals surface area contributed by atoms with Gasteiger partial charge in [0.2, 0.25) is 0 Å². The second kappa shape index (κ2) is 7.43. The molecule has 0 radical (unpaired) electrons. The number of nitrogens with zero attached hydrogens (tertiary/aromatic N) is 4. The van der Waals surface area contributed by atoms with Crippen LogP contribution in [0.2, 0.25) is 0 Å². The van der Waals surface area contributed by atoms with Crippen LogP contribution in [0.3, 0.4) is 0 Å². The summed E-state index contributed by atoms with van der Waals surface area (Å²) in [5, 5.41) is 3.60. The molecule has 1 amide bonds. The van der Waals surface area contributed by atoms with E-state index in [4.69, 9.17) is 0 Å². The van der Waals surface area contributed by atoms with E-state index in [0.29, 0.717) is 5.82 Å². The topological polar surface area (TPSA) is 84.7 Å². The zero-order valence-electron chi connectivity index (χ0n) is 15.9. The summed E-state index contributed by atoms with van der Waals surface area (Å²) >= 11 is 0. The third-order valence-corrected chi connectivity index (χ3v) is 4.93. The van der Waals surface area contributed by atoms with Gasteiger partial charge in [-0.15, -0.1) is 5.10 Å². The monoisotopic (exact) mass is 500 g/mol. The van der Waals surface area contributed by atoms with E-state index in [0.717, 1.165) is 23.3 Å². The number of aromatic nitrogens is 4. The van der Waals surface area contributed by atoms with Crippen molar-refractivity contribution in [3.05, 3.63) is 60.6 Å². The zero-order chi connectivity index (χ0) is 24.6. The molecule has 0 saturated carbocycles. The maximum Gasteiger partial charge on any atom is 0.416 e. The minimum atomic E-state index is -10.4. The van der Waals surface area contributed by atoms with Gasteiger partial charge in [0.1, 0.15) is 17.0 Å². The van der Waals surface area contributed by atoms with Crippen molar-refractivity contribution < 1.29 is 37.4 Å². The number of hydrogen-bond donors (Lipinski definition) is 2. The van der Waals surface area contributed by atoms with E-state index in [-0.39, 0.29) is 12.1 Å². The van der Waals surface area contributed by atoms with E-state index in [1.54, 1.807) is 18.2 Å². The summed E-state index contributed by atoms with van der Waals surface area (Å²) in [7, 11) is -10.4. The van der Waals surface area contributed by atoms with Crippen molar-refractivity contribution in [1.82, 2.24) is 25.2 Å². The van der Waals surface area contributed by atoms with Gasteiger partial charge < -0.3 is 0 Å². The summed E-state index contributed by atoms with van der Waals surface area (Å²) in [6, 6.07) is 4.21. The number of benzene rings is 1. The van der Waals surface area contributed by atoms with E-state index in [9.17, 15) is 37.4 Å². The number of rotatable bonds is 6. The van der Waals surface area contributed by atoms with Crippen LogP contribution < -0.4 is 10.9 Å². The number of amides is 1. The molecule has 0 atom stereocenters. The van der Waals surface area contributed by atoms with Crippen LogP contribution in [0, 0.1) is 0 Å². The lowest BCUT2D eigenvalue weighted by atomic mass is 10.1. The van der Waals surface area contributed by atoms with E-state index in [2.05, 4.69) is 25.9 Å². The fourth-order valence-electron chi connectivity index (χ4n) is 2.34. The molecule has 0 aliphatic heterocycles. The molecule has 2 heterocycles. The highest BCUT2D eigenvalue weighted by molar-refractivity contribution is 8.45. The highest BCUT2D eigenvalue weighted by Gasteiger charge is 2.66. The lowest BCUT2D eigenvalue weighted by molar-refractivity contribution is -0.137. The van der Waals surface area contributed by atoms with Crippen molar-refractivity contribution in [3.63, 3.8) is 0 Å². The van der Waals surface area contributed by atoms with Crippen molar-refractivity contribution in [1.29, 1.82) is 0 Å². The second-order valence-electron chi connectivity index (χ2n) is 6.41. The molecular weight excluding hydrogens is 488 g/mol. The fraction of sp³-hybridized carbons (Fsp3) is 0.0588. The highest BCUT2D eigenvalue weighted by atomic mass is 32.5. The average Bonchev–Trinajstić information content (AvgIpc) is 3.18. The molecule has 0 aliphatic rings. The van der Waals surface area contributed by atoms with Gasteiger partial charge in [-0.25, -0.2) is 14.6 Å². The SMILES string of the molecule is O=C(/C=C\n1cnc(-c2cc(C(F)(F)F)cc(S(F)(F)(F)(F)F)c2)n1)NNc1ccccn1. The zero-order valence-corrected chi connectivity index (χ0v) is 16.7. The number of halogens is 8. The predicted octanol–water partition coefficient (Wildman–Crippen LogP) is 5.63. The van der Waals surface area contributed by atoms with Crippen molar-refractivity contribution >= 4 is 28.1 Å². The number of carbonyl (C=O) groups is 1. The minimum Gasteiger partial charge on any atom is -0.282 e. The molecule has 2 aromatic heterocycles. The van der Waals surface area contributed by atoms with E-state index < -0.39 is 50.2 Å². The van der Waals surface area contributed by atoms with Gasteiger partial charge >= 0.3 is 16.4 Å². The predicted molar refractivity (Wildman–Crippen MR) is 103 cm³/mol. The molecule has 0 saturated heterocycles. The van der Waals surface area contributed by atoms with Crippen LogP contribution in [0.4, 0.5) is 38.4 Å². The number of hydrazine groups is 1. The number of nitrogens with one attached hydrogen (secondary N) is 2. The Kier molecular flexibility index (Phi) is 5.39. The van der Waals surface area contributed by atoms with Gasteiger partial charge in [-0.1, -0.05) is 25.5 Å². The van der Waals surface area contributed by atoms with E-state index in [1.807, 2.05) is 0 Å². The maximum absolute atomic E-state index is 13.1. The third-order valence-electron chi connectivity index (χ3n) is 3.80. The molecule has 0 spiro atoms. The van der Waals surface area contributed by atoms with Crippen LogP contribution >= 0.6 is 10.2 Å². The van der Waals surface area contributed by atoms with Crippen LogP contribution in [-0.2, 0) is 11.0 Å². The van der Waals surface area contributed by atoms with Crippen molar-refractivity contribution in [2.45, 2.75) is 11.1 Å². The standard InChI is InChI=1S/C17H12F8N6OS/c18-17(19,20)12-7-11(8-13(9-12)33(21,22,23,24)25)16-27-10-31(30-16)6-4-15(32)29-28-14-3-1-2-5-26-14/h1-10H,(H,26,28)(H,29,32)/b6-4-. The number of anilines is 1. The van der Waals surface area contributed by atoms with E-state index >= 15 is 0 Å². The van der Waals surface area contributed by atoms with Crippen LogP contribution in [0.25, 0.3) is 17.6 Å². The smallest absolute Gasteiger partial charge is 0.282 e. The van der Waals surface area contributed by atoms with Gasteiger partial charge in [-0.2, -0.15) is 13.2 Å². The lowest BCUT2D eigenvalue weighted by Gasteiger charge is -2.40. The Morgan fingerprint density at radius 1 is 1.03 bits per heavy atom. The highest BCUT2D eigenvalue weighted by Crippen LogP contribution is 3.02. The molecule has 3 aromatic rings. The Morgan fingerprint density at radius 2 is 1.76 bits per heavy atom. The van der Waals surface area contributed by atoms with Crippen LogP contribution in [-0.4, -0.2) is 25.7 Å². The van der Waals surface area contributed by atoms with Crippen LogP contribution in [0.5, 0.6) is 0 Å². The first-order valence-electron chi connectivity index (χ1n) is 8.54. The summed E-state index contributed by atoms with van der Waals surface area (Å²) in [5.74, 6) is -1.12. The van der Waals surface area contributed by atoms with Gasteiger partial charge in [-0.3, -0.25) is 15.6 Å². The number of hydrogen-bond acceptors (Lipinski definition) is 5. The number of pyridine rings is 1. The van der Waals surface area contributed by atoms with Crippen molar-refractivity contribution in [2.24, 2.45) is 0 Å². The molecule has 33 heavy (non-hydrogen) atoms. The summed E-state index contributed by atoms with van der Waals surface area (Å²) in [6.45, 7) is 0. The van der Waals surface area contributed by atoms with Crippen molar-refractivity contribution in [3.8, 4) is 11.4 Å². The lowest BCUT2D eigenvalue weighted by Crippen LogP contribution is -2.28. The van der Waals surface area contributed by atoms with Gasteiger partial charge in [0.15, 0.2) is 5.82 Å². The van der Waals surface area contributed by atoms with E-state index in [1.165, 1.54) is 6.20 Å². The van der Waals surface area contributed by atoms with Gasteiger partial charge in [0, 0.05) is 24.0 Å². The number of alkyl halides is 3. The maximum atomic E-state index is 13.1. The fourth-order valence-corrected chi connectivity index (χ4v) is 3.04. The number of carbonyl (C=O) groups excluding carboxylic acids is 1. The Morgan fingerprint density at radius 3 is 2.36 bits per heavy atom. The summed E-state index contributed by atoms with van der Waals surface area (Å²) in [4.78, 5) is 16.4. The molecule has 178 valence electrons. The Labute approximate surface area is 179 Å². The molecule has 16 heteroatoms. The molecule has 0 fully saturated rings. The summed E-state index contributed by atoms with van der Waals surface area (Å²) < 4.78 is 105. The third kappa shape index (κ3) is 6.41. The first-order valence-corrected chi connectivity index (χ1v) is 10.5. The molecule has 0 bridgehead atoms. The summed E-state index contributed by atoms with van der Waals surface area (Å²) in [6.07, 6.45) is -1.15. The first kappa shape index (κ1) is 24.0. The van der Waals surface area contributed by atoms with Gasteiger partial charge in [0.25, 0.3) is 5.91 Å². The normalized spacial score (nSPS) is 14.5. The first-order chi connectivity index (χ1) is 15.0.